The molecule has 2 fully saturated rings. The molecule has 2 unspecified atom stereocenters. The van der Waals surface area contributed by atoms with E-state index < -0.39 is 0 Å². The number of hydrogen-bond acceptors (Lipinski definition) is 4. The summed E-state index contributed by atoms with van der Waals surface area (Å²) in [4.78, 5) is 6.54. The number of nitrogens with zero attached hydrogens (tertiary/aromatic N) is 4. The van der Waals surface area contributed by atoms with Crippen LogP contribution in [-0.4, -0.2) is 56.3 Å². The number of rotatable bonds is 5. The van der Waals surface area contributed by atoms with E-state index in [1.54, 1.807) is 6.33 Å². The number of nitrogens with one attached hydrogen (secondary N) is 1. The maximum Gasteiger partial charge on any atom is 0.163 e. The van der Waals surface area contributed by atoms with E-state index in [4.69, 9.17) is 4.74 Å². The third kappa shape index (κ3) is 4.09. The van der Waals surface area contributed by atoms with Gasteiger partial charge in [0, 0.05) is 46.7 Å². The predicted octanol–water partition coefficient (Wildman–Crippen LogP) is 6.61. The highest BCUT2D eigenvalue weighted by molar-refractivity contribution is 5.92. The normalized spacial score (nSPS) is 24.3. The number of piperidine rings is 1. The first-order valence-electron chi connectivity index (χ1n) is 13.9. The first kappa shape index (κ1) is 24.6. The molecule has 196 valence electrons. The minimum atomic E-state index is 0.328. The molecule has 37 heavy (non-hydrogen) atoms. The average molecular weight is 500 g/mol. The lowest BCUT2D eigenvalue weighted by molar-refractivity contribution is -0.126. The largest absolute Gasteiger partial charge is 0.380 e. The summed E-state index contributed by atoms with van der Waals surface area (Å²) in [5.41, 5.74) is 10.3. The fourth-order valence-corrected chi connectivity index (χ4v) is 6.95. The summed E-state index contributed by atoms with van der Waals surface area (Å²) < 4.78 is 7.59. The van der Waals surface area contributed by atoms with Crippen molar-refractivity contribution in [1.29, 1.82) is 0 Å². The van der Waals surface area contributed by atoms with E-state index in [1.165, 1.54) is 57.3 Å². The number of pyridine rings is 1. The van der Waals surface area contributed by atoms with Gasteiger partial charge in [0.15, 0.2) is 5.65 Å². The van der Waals surface area contributed by atoms with Gasteiger partial charge in [0.2, 0.25) is 0 Å². The van der Waals surface area contributed by atoms with Crippen LogP contribution in [0.2, 0.25) is 0 Å². The molecule has 0 bridgehead atoms. The summed E-state index contributed by atoms with van der Waals surface area (Å²) in [5, 5.41) is 9.82. The molecule has 0 spiro atoms. The molecule has 2 aliphatic rings. The Morgan fingerprint density at radius 1 is 1.11 bits per heavy atom. The molecule has 2 aliphatic heterocycles. The minimum Gasteiger partial charge on any atom is -0.380 e. The lowest BCUT2D eigenvalue weighted by Crippen LogP contribution is -2.55. The van der Waals surface area contributed by atoms with Crippen molar-refractivity contribution in [1.82, 2.24) is 24.5 Å². The zero-order valence-electron chi connectivity index (χ0n) is 23.4. The van der Waals surface area contributed by atoms with Crippen LogP contribution in [-0.2, 0) is 4.74 Å². The zero-order chi connectivity index (χ0) is 26.1. The van der Waals surface area contributed by atoms with Crippen molar-refractivity contribution < 1.29 is 4.74 Å². The van der Waals surface area contributed by atoms with Crippen LogP contribution in [0.1, 0.15) is 81.5 Å². The lowest BCUT2D eigenvalue weighted by Gasteiger charge is -2.49. The molecule has 2 atom stereocenters. The van der Waals surface area contributed by atoms with Crippen LogP contribution >= 0.6 is 0 Å². The Hall–Kier alpha value is -2.70. The Kier molecular flexibility index (Phi) is 5.96. The van der Waals surface area contributed by atoms with Crippen LogP contribution in [0.4, 0.5) is 0 Å². The molecule has 4 aromatic rings. The summed E-state index contributed by atoms with van der Waals surface area (Å²) in [6, 6.07) is 8.33. The Morgan fingerprint density at radius 2 is 1.84 bits per heavy atom. The number of aryl methyl sites for hydroxylation is 1. The third-order valence-electron chi connectivity index (χ3n) is 9.17. The Labute approximate surface area is 220 Å². The molecule has 2 saturated heterocycles. The molecule has 3 aromatic heterocycles. The monoisotopic (exact) mass is 499 g/mol. The molecule has 1 N–H and O–H groups in total. The second-order valence-corrected chi connectivity index (χ2v) is 12.6. The number of benzene rings is 1. The van der Waals surface area contributed by atoms with Gasteiger partial charge in [-0.05, 0) is 86.8 Å². The second kappa shape index (κ2) is 8.95. The van der Waals surface area contributed by atoms with Crippen LogP contribution in [0.15, 0.2) is 30.7 Å². The summed E-state index contributed by atoms with van der Waals surface area (Å²) in [6.45, 7) is 19.1. The molecule has 6 heteroatoms. The van der Waals surface area contributed by atoms with Gasteiger partial charge in [-0.3, -0.25) is 9.30 Å². The quantitative estimate of drug-likeness (QED) is 0.336. The van der Waals surface area contributed by atoms with Crippen LogP contribution in [0.3, 0.4) is 0 Å². The molecule has 0 aliphatic carbocycles. The maximum absolute atomic E-state index is 5.54. The van der Waals surface area contributed by atoms with Crippen LogP contribution in [0.25, 0.3) is 27.8 Å². The number of likely N-dealkylation sites (tertiary alicyclic amines) is 1. The van der Waals surface area contributed by atoms with Crippen molar-refractivity contribution in [2.75, 3.05) is 19.8 Å². The van der Waals surface area contributed by atoms with E-state index in [2.05, 4.69) is 92.9 Å². The minimum absolute atomic E-state index is 0.328. The highest BCUT2D eigenvalue weighted by Crippen LogP contribution is 2.42. The molecule has 6 rings (SSSR count). The van der Waals surface area contributed by atoms with Crippen LogP contribution < -0.4 is 0 Å². The lowest BCUT2D eigenvalue weighted by atomic mass is 9.79. The van der Waals surface area contributed by atoms with Crippen molar-refractivity contribution in [3.8, 4) is 11.3 Å². The number of ether oxygens (including phenoxy) is 1. The highest BCUT2D eigenvalue weighted by Gasteiger charge is 2.40. The van der Waals surface area contributed by atoms with E-state index in [0.29, 0.717) is 29.3 Å². The third-order valence-corrected chi connectivity index (χ3v) is 9.17. The number of H-pyrrole nitrogens is 1. The smallest absolute Gasteiger partial charge is 0.163 e. The molecular formula is C31H41N5O. The van der Waals surface area contributed by atoms with Gasteiger partial charge < -0.3 is 9.72 Å². The van der Waals surface area contributed by atoms with Gasteiger partial charge in [0.1, 0.15) is 6.33 Å². The molecule has 0 amide bonds. The first-order chi connectivity index (χ1) is 17.6. The molecule has 0 radical (unpaired) electrons. The SMILES string of the molecule is Cc1c(-c2[nH]c3ccc(C4CC(C)N(CC5(C)COC5)C(C)C4)cc3c2C(C)C)cn2cnnc2c1C. The van der Waals surface area contributed by atoms with E-state index in [0.717, 1.165) is 25.4 Å². The van der Waals surface area contributed by atoms with Gasteiger partial charge in [0.05, 0.1) is 18.9 Å². The molecule has 1 aromatic carbocycles. The highest BCUT2D eigenvalue weighted by atomic mass is 16.5. The van der Waals surface area contributed by atoms with E-state index >= 15 is 0 Å². The Bertz CT molecular complexity index is 1450. The van der Waals surface area contributed by atoms with Gasteiger partial charge in [-0.15, -0.1) is 10.2 Å². The first-order valence-corrected chi connectivity index (χ1v) is 13.9. The van der Waals surface area contributed by atoms with Gasteiger partial charge in [0.25, 0.3) is 0 Å². The second-order valence-electron chi connectivity index (χ2n) is 12.6. The predicted molar refractivity (Wildman–Crippen MR) is 150 cm³/mol. The number of fused-ring (bicyclic) bond motifs is 2. The molecule has 5 heterocycles. The number of hydrogen-bond donors (Lipinski definition) is 1. The Morgan fingerprint density at radius 3 is 2.49 bits per heavy atom. The van der Waals surface area contributed by atoms with Gasteiger partial charge in [-0.2, -0.15) is 0 Å². The van der Waals surface area contributed by atoms with E-state index in [1.807, 2.05) is 4.40 Å². The van der Waals surface area contributed by atoms with E-state index in [9.17, 15) is 0 Å². The fourth-order valence-electron chi connectivity index (χ4n) is 6.95. The van der Waals surface area contributed by atoms with Crippen molar-refractivity contribution in [2.24, 2.45) is 5.41 Å². The van der Waals surface area contributed by atoms with Crippen molar-refractivity contribution in [3.63, 3.8) is 0 Å². The molecule has 6 nitrogen and oxygen atoms in total. The Balaban J connectivity index is 1.36. The van der Waals surface area contributed by atoms with Crippen LogP contribution in [0.5, 0.6) is 0 Å². The average Bonchev–Trinajstić information content (AvgIpc) is 3.46. The molecule has 0 saturated carbocycles. The van der Waals surface area contributed by atoms with E-state index in [-0.39, 0.29) is 0 Å². The van der Waals surface area contributed by atoms with Gasteiger partial charge >= 0.3 is 0 Å². The zero-order valence-corrected chi connectivity index (χ0v) is 23.4. The topological polar surface area (TPSA) is 58.5 Å². The molecular weight excluding hydrogens is 458 g/mol. The standard InChI is InChI=1S/C31H41N5O/c1-18(2)28-25-12-23(24-10-19(3)36(20(4)11-24)14-31(7)15-37-16-31)8-9-27(25)33-29(28)26-13-35-17-32-34-30(35)22(6)21(26)5/h8-9,12-13,17-20,24,33H,10-11,14-16H2,1-7H3. The number of aromatic nitrogens is 4. The van der Waals surface area contributed by atoms with Crippen molar-refractivity contribution >= 4 is 16.6 Å². The maximum atomic E-state index is 5.54. The summed E-state index contributed by atoms with van der Waals surface area (Å²) in [6.07, 6.45) is 6.41. The van der Waals surface area contributed by atoms with Crippen LogP contribution in [0, 0.1) is 19.3 Å². The fraction of sp³-hybridized carbons (Fsp3) is 0.548. The van der Waals surface area contributed by atoms with Gasteiger partial charge in [-0.25, -0.2) is 0 Å². The summed E-state index contributed by atoms with van der Waals surface area (Å²) in [5.74, 6) is 0.993. The van der Waals surface area contributed by atoms with Crippen molar-refractivity contribution in [3.05, 3.63) is 53.0 Å². The van der Waals surface area contributed by atoms with Gasteiger partial charge in [-0.1, -0.05) is 26.8 Å². The summed E-state index contributed by atoms with van der Waals surface area (Å²) in [7, 11) is 0. The number of aromatic amines is 1. The summed E-state index contributed by atoms with van der Waals surface area (Å²) >= 11 is 0. The van der Waals surface area contributed by atoms with Crippen molar-refractivity contribution in [2.45, 2.75) is 85.2 Å².